The van der Waals surface area contributed by atoms with Crippen LogP contribution >= 0.6 is 0 Å². The Morgan fingerprint density at radius 3 is 2.83 bits per heavy atom. The Morgan fingerprint density at radius 2 is 2.13 bits per heavy atom. The maximum atomic E-state index is 12.2. The average Bonchev–Trinajstić information content (AvgIpc) is 3.02. The van der Waals surface area contributed by atoms with Gasteiger partial charge in [0, 0.05) is 25.4 Å². The highest BCUT2D eigenvalue weighted by Gasteiger charge is 2.36. The van der Waals surface area contributed by atoms with Gasteiger partial charge in [-0.2, -0.15) is 18.2 Å². The van der Waals surface area contributed by atoms with Crippen molar-refractivity contribution in [3.63, 3.8) is 0 Å². The van der Waals surface area contributed by atoms with Crippen LogP contribution in [0.3, 0.4) is 0 Å². The molecule has 23 heavy (non-hydrogen) atoms. The molecule has 2 heterocycles. The monoisotopic (exact) mass is 332 g/mol. The van der Waals surface area contributed by atoms with E-state index >= 15 is 0 Å². The molecular weight excluding hydrogens is 313 g/mol. The van der Waals surface area contributed by atoms with Crippen molar-refractivity contribution in [2.75, 3.05) is 19.6 Å². The van der Waals surface area contributed by atoms with E-state index in [1.807, 2.05) is 0 Å². The number of hydrogen-bond acceptors (Lipinski definition) is 5. The van der Waals surface area contributed by atoms with Crippen LogP contribution in [0.5, 0.6) is 0 Å². The first-order valence-electron chi connectivity index (χ1n) is 7.84. The van der Waals surface area contributed by atoms with Crippen molar-refractivity contribution in [1.82, 2.24) is 20.4 Å². The Hall–Kier alpha value is -1.64. The first-order valence-corrected chi connectivity index (χ1v) is 7.84. The number of hydrogen-bond donors (Lipinski definition) is 1. The van der Waals surface area contributed by atoms with Gasteiger partial charge < -0.3 is 14.7 Å². The molecule has 1 aromatic heterocycles. The molecule has 1 aliphatic heterocycles. The zero-order valence-corrected chi connectivity index (χ0v) is 12.6. The Kier molecular flexibility index (Phi) is 4.56. The lowest BCUT2D eigenvalue weighted by Crippen LogP contribution is -2.35. The summed E-state index contributed by atoms with van der Waals surface area (Å²) in [5.74, 6) is 1.32. The molecule has 1 saturated heterocycles. The number of nitrogens with zero attached hydrogens (tertiary/aromatic N) is 3. The van der Waals surface area contributed by atoms with Crippen LogP contribution in [-0.2, 0) is 4.79 Å². The number of carbonyl (C=O) groups is 1. The summed E-state index contributed by atoms with van der Waals surface area (Å²) in [5.41, 5.74) is 0. The topological polar surface area (TPSA) is 71.3 Å². The first-order chi connectivity index (χ1) is 10.9. The van der Waals surface area contributed by atoms with Crippen LogP contribution < -0.4 is 5.32 Å². The van der Waals surface area contributed by atoms with Crippen LogP contribution in [0.25, 0.3) is 0 Å². The Morgan fingerprint density at radius 1 is 1.35 bits per heavy atom. The van der Waals surface area contributed by atoms with Gasteiger partial charge in [0.15, 0.2) is 5.82 Å². The number of nitrogens with one attached hydrogen (secondary N) is 1. The molecular formula is C14H19F3N4O2. The normalized spacial score (nSPS) is 21.9. The summed E-state index contributed by atoms with van der Waals surface area (Å²) in [5, 5.41) is 6.22. The number of likely N-dealkylation sites (tertiary alicyclic amines) is 1. The quantitative estimate of drug-likeness (QED) is 0.808. The summed E-state index contributed by atoms with van der Waals surface area (Å²) in [7, 11) is 0. The van der Waals surface area contributed by atoms with Gasteiger partial charge in [0.25, 0.3) is 0 Å². The predicted octanol–water partition coefficient (Wildman–Crippen LogP) is 2.15. The standard InChI is InChI=1S/C14H19F3N4O2/c15-14(16,17)8-18-6-5-11(22)21-7-1-2-10(21)12-19-13(23-20-12)9-3-4-9/h9-10,18H,1-8H2/t10-/m1/s1. The number of amides is 1. The molecule has 0 bridgehead atoms. The molecule has 2 aliphatic rings. The van der Waals surface area contributed by atoms with Crippen molar-refractivity contribution in [1.29, 1.82) is 0 Å². The second-order valence-corrected chi connectivity index (χ2v) is 6.05. The van der Waals surface area contributed by atoms with Crippen LogP contribution in [0.4, 0.5) is 13.2 Å². The molecule has 0 spiro atoms. The fourth-order valence-corrected chi connectivity index (χ4v) is 2.78. The van der Waals surface area contributed by atoms with Crippen LogP contribution in [0.15, 0.2) is 4.52 Å². The van der Waals surface area contributed by atoms with E-state index in [-0.39, 0.29) is 24.9 Å². The molecule has 1 atom stereocenters. The molecule has 9 heteroatoms. The minimum Gasteiger partial charge on any atom is -0.339 e. The summed E-state index contributed by atoms with van der Waals surface area (Å²) >= 11 is 0. The van der Waals surface area contributed by atoms with Crippen molar-refractivity contribution in [3.05, 3.63) is 11.7 Å². The number of halogens is 3. The Bertz CT molecular complexity index is 556. The van der Waals surface area contributed by atoms with E-state index in [9.17, 15) is 18.0 Å². The maximum Gasteiger partial charge on any atom is 0.401 e. The maximum absolute atomic E-state index is 12.2. The highest BCUT2D eigenvalue weighted by molar-refractivity contribution is 5.77. The van der Waals surface area contributed by atoms with E-state index in [2.05, 4.69) is 15.5 Å². The van der Waals surface area contributed by atoms with Crippen molar-refractivity contribution in [3.8, 4) is 0 Å². The molecule has 3 rings (SSSR count). The zero-order valence-electron chi connectivity index (χ0n) is 12.6. The van der Waals surface area contributed by atoms with Crippen LogP contribution in [-0.4, -0.2) is 46.8 Å². The lowest BCUT2D eigenvalue weighted by Gasteiger charge is -2.22. The second kappa shape index (κ2) is 6.46. The largest absolute Gasteiger partial charge is 0.401 e. The molecule has 6 nitrogen and oxygen atoms in total. The van der Waals surface area contributed by atoms with E-state index in [1.165, 1.54) is 0 Å². The fraction of sp³-hybridized carbons (Fsp3) is 0.786. The second-order valence-electron chi connectivity index (χ2n) is 6.05. The minimum atomic E-state index is -4.26. The summed E-state index contributed by atoms with van der Waals surface area (Å²) < 4.78 is 41.4. The predicted molar refractivity (Wildman–Crippen MR) is 73.5 cm³/mol. The Labute approximate surface area is 131 Å². The van der Waals surface area contributed by atoms with Crippen molar-refractivity contribution >= 4 is 5.91 Å². The number of alkyl halides is 3. The van der Waals surface area contributed by atoms with Crippen molar-refractivity contribution < 1.29 is 22.5 Å². The third kappa shape index (κ3) is 4.21. The molecule has 1 saturated carbocycles. The van der Waals surface area contributed by atoms with Gasteiger partial charge >= 0.3 is 6.18 Å². The van der Waals surface area contributed by atoms with E-state index in [4.69, 9.17) is 4.52 Å². The number of carbonyl (C=O) groups excluding carboxylic acids is 1. The van der Waals surface area contributed by atoms with Gasteiger partial charge in [0.05, 0.1) is 12.6 Å². The third-order valence-corrected chi connectivity index (χ3v) is 4.10. The average molecular weight is 332 g/mol. The molecule has 1 amide bonds. The van der Waals surface area contributed by atoms with Gasteiger partial charge in [-0.1, -0.05) is 5.16 Å². The van der Waals surface area contributed by atoms with Gasteiger partial charge in [-0.05, 0) is 25.7 Å². The fourth-order valence-electron chi connectivity index (χ4n) is 2.78. The highest BCUT2D eigenvalue weighted by atomic mass is 19.4. The summed E-state index contributed by atoms with van der Waals surface area (Å²) in [4.78, 5) is 18.3. The molecule has 0 aromatic carbocycles. The van der Waals surface area contributed by atoms with Crippen LogP contribution in [0.2, 0.25) is 0 Å². The SMILES string of the molecule is O=C(CCNCC(F)(F)F)N1CCC[C@@H]1c1noc(C2CC2)n1. The van der Waals surface area contributed by atoms with Gasteiger partial charge in [-0.3, -0.25) is 4.79 Å². The molecule has 2 fully saturated rings. The number of rotatable bonds is 6. The van der Waals surface area contributed by atoms with E-state index in [1.54, 1.807) is 4.90 Å². The van der Waals surface area contributed by atoms with Gasteiger partial charge in [0.1, 0.15) is 0 Å². The lowest BCUT2D eigenvalue weighted by molar-refractivity contribution is -0.134. The van der Waals surface area contributed by atoms with Gasteiger partial charge in [0.2, 0.25) is 11.8 Å². The number of aromatic nitrogens is 2. The molecule has 0 unspecified atom stereocenters. The van der Waals surface area contributed by atoms with Crippen LogP contribution in [0.1, 0.15) is 55.8 Å². The van der Waals surface area contributed by atoms with Crippen LogP contribution in [0, 0.1) is 0 Å². The molecule has 0 radical (unpaired) electrons. The van der Waals surface area contributed by atoms with Gasteiger partial charge in [-0.15, -0.1) is 0 Å². The molecule has 1 aromatic rings. The van der Waals surface area contributed by atoms with Crippen molar-refractivity contribution in [2.24, 2.45) is 0 Å². The minimum absolute atomic E-state index is 0.00112. The van der Waals surface area contributed by atoms with Crippen molar-refractivity contribution in [2.45, 2.75) is 50.2 Å². The summed E-state index contributed by atoms with van der Waals surface area (Å²) in [6.07, 6.45) is -0.534. The van der Waals surface area contributed by atoms with E-state index < -0.39 is 12.7 Å². The van der Waals surface area contributed by atoms with Gasteiger partial charge in [-0.25, -0.2) is 0 Å². The smallest absolute Gasteiger partial charge is 0.339 e. The van der Waals surface area contributed by atoms with E-state index in [0.29, 0.717) is 24.2 Å². The first kappa shape index (κ1) is 16.2. The zero-order chi connectivity index (χ0) is 16.4. The summed E-state index contributed by atoms with van der Waals surface area (Å²) in [6.45, 7) is -0.503. The third-order valence-electron chi connectivity index (χ3n) is 4.10. The summed E-state index contributed by atoms with van der Waals surface area (Å²) in [6, 6.07) is -0.221. The molecule has 128 valence electrons. The molecule has 1 aliphatic carbocycles. The highest BCUT2D eigenvalue weighted by Crippen LogP contribution is 2.40. The molecule has 1 N–H and O–H groups in total. The lowest BCUT2D eigenvalue weighted by atomic mass is 10.2. The van der Waals surface area contributed by atoms with E-state index in [0.717, 1.165) is 25.7 Å². The Balaban J connectivity index is 1.52.